The van der Waals surface area contributed by atoms with Crippen LogP contribution >= 0.6 is 0 Å². The van der Waals surface area contributed by atoms with Crippen molar-refractivity contribution in [2.24, 2.45) is 5.92 Å². The summed E-state index contributed by atoms with van der Waals surface area (Å²) in [6.45, 7) is 7.19. The Labute approximate surface area is 181 Å². The van der Waals surface area contributed by atoms with Crippen LogP contribution in [0.3, 0.4) is 0 Å². The maximum atomic E-state index is 13.2. The lowest BCUT2D eigenvalue weighted by molar-refractivity contribution is -0.141. The highest BCUT2D eigenvalue weighted by Crippen LogP contribution is 2.41. The van der Waals surface area contributed by atoms with Crippen molar-refractivity contribution in [1.82, 2.24) is 5.32 Å². The molecule has 6 nitrogen and oxygen atoms in total. The number of benzene rings is 1. The van der Waals surface area contributed by atoms with Crippen LogP contribution in [0.25, 0.3) is 11.0 Å². The molecular formula is C25H27NO5. The van der Waals surface area contributed by atoms with Gasteiger partial charge in [-0.3, -0.25) is 9.59 Å². The lowest BCUT2D eigenvalue weighted by atomic mass is 9.78. The average Bonchev–Trinajstić information content (AvgIpc) is 2.65. The predicted octanol–water partition coefficient (Wildman–Crippen LogP) is 4.27. The first-order valence-corrected chi connectivity index (χ1v) is 10.7. The Morgan fingerprint density at radius 3 is 2.48 bits per heavy atom. The fraction of sp³-hybridized carbons (Fsp3) is 0.400. The number of Topliss-reactive ketones (excluding diaryl/α,β-unsaturated/α-hetero) is 1. The molecule has 1 aliphatic heterocycles. The summed E-state index contributed by atoms with van der Waals surface area (Å²) >= 11 is 0. The van der Waals surface area contributed by atoms with Crippen molar-refractivity contribution in [3.8, 4) is 0 Å². The van der Waals surface area contributed by atoms with E-state index in [-0.39, 0.29) is 11.2 Å². The minimum atomic E-state index is -0.679. The molecule has 0 amide bonds. The fourth-order valence-electron chi connectivity index (χ4n) is 4.52. The molecule has 0 radical (unpaired) electrons. The van der Waals surface area contributed by atoms with E-state index in [0.717, 1.165) is 12.8 Å². The molecular weight excluding hydrogens is 394 g/mol. The first-order chi connectivity index (χ1) is 14.8. The van der Waals surface area contributed by atoms with Gasteiger partial charge in [-0.25, -0.2) is 4.79 Å². The van der Waals surface area contributed by atoms with Crippen molar-refractivity contribution in [3.63, 3.8) is 0 Å². The zero-order valence-electron chi connectivity index (χ0n) is 18.3. The average molecular weight is 421 g/mol. The van der Waals surface area contributed by atoms with Gasteiger partial charge in [-0.15, -0.1) is 0 Å². The van der Waals surface area contributed by atoms with E-state index in [1.165, 1.54) is 19.4 Å². The zero-order chi connectivity index (χ0) is 22.3. The second kappa shape index (κ2) is 8.17. The molecule has 1 N–H and O–H groups in total. The molecule has 1 fully saturated rings. The highest BCUT2D eigenvalue weighted by atomic mass is 16.5. The molecule has 2 heterocycles. The first-order valence-electron chi connectivity index (χ1n) is 10.7. The Morgan fingerprint density at radius 2 is 1.84 bits per heavy atom. The topological polar surface area (TPSA) is 85.6 Å². The van der Waals surface area contributed by atoms with Crippen molar-refractivity contribution in [2.45, 2.75) is 52.9 Å². The highest BCUT2D eigenvalue weighted by Gasteiger charge is 2.37. The summed E-state index contributed by atoms with van der Waals surface area (Å²) in [5.74, 6) is -0.401. The normalized spacial score (nSPS) is 19.3. The molecule has 0 bridgehead atoms. The summed E-state index contributed by atoms with van der Waals surface area (Å²) in [5, 5.41) is 3.59. The van der Waals surface area contributed by atoms with E-state index in [9.17, 15) is 14.4 Å². The van der Waals surface area contributed by atoms with Gasteiger partial charge < -0.3 is 14.5 Å². The van der Waals surface area contributed by atoms with Crippen molar-refractivity contribution < 1.29 is 18.7 Å². The van der Waals surface area contributed by atoms with E-state index in [4.69, 9.17) is 9.15 Å². The summed E-state index contributed by atoms with van der Waals surface area (Å²) < 4.78 is 11.6. The first kappa shape index (κ1) is 21.1. The van der Waals surface area contributed by atoms with Gasteiger partial charge >= 0.3 is 5.97 Å². The van der Waals surface area contributed by atoms with Crippen LogP contribution in [0, 0.1) is 12.8 Å². The maximum Gasteiger partial charge on any atom is 0.336 e. The van der Waals surface area contributed by atoms with Gasteiger partial charge in [-0.2, -0.15) is 0 Å². The van der Waals surface area contributed by atoms with Crippen LogP contribution in [0.5, 0.6) is 0 Å². The van der Waals surface area contributed by atoms with Crippen molar-refractivity contribution in [3.05, 3.63) is 68.4 Å². The Balaban J connectivity index is 1.88. The minimum absolute atomic E-state index is 0.154. The van der Waals surface area contributed by atoms with Crippen LogP contribution in [0.2, 0.25) is 0 Å². The Morgan fingerprint density at radius 1 is 1.13 bits per heavy atom. The van der Waals surface area contributed by atoms with Gasteiger partial charge in [0.25, 0.3) is 0 Å². The summed E-state index contributed by atoms with van der Waals surface area (Å²) in [4.78, 5) is 38.5. The molecule has 1 atom stereocenters. The Hall–Kier alpha value is -3.15. The molecule has 162 valence electrons. The smallest absolute Gasteiger partial charge is 0.336 e. The van der Waals surface area contributed by atoms with Crippen LogP contribution < -0.4 is 10.7 Å². The number of nitrogens with one attached hydrogen (secondary N) is 1. The number of carbonyl (C=O) groups is 2. The number of hydrogen-bond acceptors (Lipinski definition) is 6. The van der Waals surface area contributed by atoms with E-state index in [0.29, 0.717) is 57.4 Å². The quantitative estimate of drug-likeness (QED) is 0.726. The Kier molecular flexibility index (Phi) is 5.56. The van der Waals surface area contributed by atoms with E-state index in [1.54, 1.807) is 26.0 Å². The van der Waals surface area contributed by atoms with Crippen LogP contribution in [0.15, 0.2) is 56.0 Å². The van der Waals surface area contributed by atoms with Crippen molar-refractivity contribution in [2.75, 3.05) is 6.61 Å². The lowest BCUT2D eigenvalue weighted by Gasteiger charge is -2.31. The summed E-state index contributed by atoms with van der Waals surface area (Å²) in [5.41, 5.74) is 3.01. The predicted molar refractivity (Wildman–Crippen MR) is 117 cm³/mol. The highest BCUT2D eigenvalue weighted by molar-refractivity contribution is 6.03. The number of ketones is 1. The Bertz CT molecular complexity index is 1200. The van der Waals surface area contributed by atoms with Crippen LogP contribution in [0.4, 0.5) is 0 Å². The number of esters is 1. The standard InChI is InChI=1S/C25H27NO5/c1-13-11-20(28)18-9-6-10-19(24(18)31-13)23-21(16(4)27)14(2)26-15(3)22(23)25(29)30-12-17-7-5-8-17/h6,9-11,17,23,26H,5,7-8,12H2,1-4H3. The minimum Gasteiger partial charge on any atom is -0.462 e. The molecule has 4 rings (SSSR count). The summed E-state index contributed by atoms with van der Waals surface area (Å²) in [6, 6.07) is 6.70. The lowest BCUT2D eigenvalue weighted by Crippen LogP contribution is -2.32. The van der Waals surface area contributed by atoms with Crippen LogP contribution in [0.1, 0.15) is 57.3 Å². The number of carbonyl (C=O) groups excluding carboxylic acids is 2. The van der Waals surface area contributed by atoms with E-state index < -0.39 is 11.9 Å². The number of fused-ring (bicyclic) bond motifs is 1. The number of para-hydroxylation sites is 1. The van der Waals surface area contributed by atoms with Gasteiger partial charge in [0.05, 0.1) is 23.5 Å². The molecule has 2 aliphatic rings. The van der Waals surface area contributed by atoms with Gasteiger partial charge in [0.1, 0.15) is 11.3 Å². The van der Waals surface area contributed by atoms with Crippen LogP contribution in [-0.2, 0) is 14.3 Å². The fourth-order valence-corrected chi connectivity index (χ4v) is 4.52. The van der Waals surface area contributed by atoms with Gasteiger partial charge in [-0.05, 0) is 52.5 Å². The number of rotatable bonds is 5. The van der Waals surface area contributed by atoms with Gasteiger partial charge in [0.15, 0.2) is 11.2 Å². The second-order valence-electron chi connectivity index (χ2n) is 8.53. The number of aryl methyl sites for hydroxylation is 1. The number of dihydropyridines is 1. The number of hydrogen-bond donors (Lipinski definition) is 1. The largest absolute Gasteiger partial charge is 0.462 e. The molecule has 31 heavy (non-hydrogen) atoms. The second-order valence-corrected chi connectivity index (χ2v) is 8.53. The SMILES string of the molecule is CC(=O)C1=C(C)NC(C)=C(C(=O)OCC2CCC2)C1c1cccc2c(=O)cc(C)oc12. The van der Waals surface area contributed by atoms with E-state index in [1.807, 2.05) is 13.0 Å². The molecule has 1 aromatic carbocycles. The van der Waals surface area contributed by atoms with Crippen LogP contribution in [-0.4, -0.2) is 18.4 Å². The van der Waals surface area contributed by atoms with E-state index >= 15 is 0 Å². The molecule has 1 aromatic heterocycles. The third-order valence-electron chi connectivity index (χ3n) is 6.25. The molecule has 0 saturated heterocycles. The third-order valence-corrected chi connectivity index (χ3v) is 6.25. The molecule has 2 aromatic rings. The maximum absolute atomic E-state index is 13.2. The van der Waals surface area contributed by atoms with Crippen molar-refractivity contribution >= 4 is 22.7 Å². The molecule has 1 saturated carbocycles. The zero-order valence-corrected chi connectivity index (χ0v) is 18.3. The summed E-state index contributed by atoms with van der Waals surface area (Å²) in [7, 11) is 0. The monoisotopic (exact) mass is 421 g/mol. The van der Waals surface area contributed by atoms with Crippen molar-refractivity contribution in [1.29, 1.82) is 0 Å². The molecule has 1 aliphatic carbocycles. The number of allylic oxidation sites excluding steroid dienone is 3. The van der Waals surface area contributed by atoms with Gasteiger partial charge in [-0.1, -0.05) is 18.6 Å². The van der Waals surface area contributed by atoms with Gasteiger partial charge in [0, 0.05) is 28.6 Å². The molecule has 0 spiro atoms. The summed E-state index contributed by atoms with van der Waals surface area (Å²) in [6.07, 6.45) is 3.30. The number of ether oxygens (including phenoxy) is 1. The molecule has 6 heteroatoms. The molecule has 1 unspecified atom stereocenters. The van der Waals surface area contributed by atoms with Gasteiger partial charge in [0.2, 0.25) is 0 Å². The third kappa shape index (κ3) is 3.82. The van der Waals surface area contributed by atoms with E-state index in [2.05, 4.69) is 5.32 Å².